The Morgan fingerprint density at radius 2 is 2.25 bits per heavy atom. The van der Waals surface area contributed by atoms with Gasteiger partial charge in [-0.05, 0) is 18.2 Å². The third-order valence-electron chi connectivity index (χ3n) is 1.95. The highest BCUT2D eigenvalue weighted by molar-refractivity contribution is 7.80. The molecule has 1 rings (SSSR count). The molecule has 88 valence electrons. The van der Waals surface area contributed by atoms with Crippen LogP contribution in [0.3, 0.4) is 0 Å². The van der Waals surface area contributed by atoms with Crippen LogP contribution in [0.15, 0.2) is 18.2 Å². The first kappa shape index (κ1) is 13.5. The maximum Gasteiger partial charge on any atom is 0.105 e. The van der Waals surface area contributed by atoms with Crippen LogP contribution in [0.4, 0.5) is 5.69 Å². The van der Waals surface area contributed by atoms with Crippen LogP contribution in [0.25, 0.3) is 0 Å². The van der Waals surface area contributed by atoms with Crippen molar-refractivity contribution in [2.45, 2.75) is 6.10 Å². The number of aliphatic hydroxyl groups excluding tert-OH is 1. The standard InChI is InChI=1S/C10H12Cl2N2OS/c11-4-7(15)5-14-6-1-2-8(10(13)16)9(12)3-6/h1-3,7,14-15H,4-5H2,(H2,13,16). The van der Waals surface area contributed by atoms with Gasteiger partial charge in [0.05, 0.1) is 17.0 Å². The Labute approximate surface area is 110 Å². The van der Waals surface area contributed by atoms with Crippen LogP contribution < -0.4 is 11.1 Å². The molecule has 0 saturated carbocycles. The zero-order chi connectivity index (χ0) is 12.1. The van der Waals surface area contributed by atoms with E-state index in [4.69, 9.17) is 41.2 Å². The first-order valence-corrected chi connectivity index (χ1v) is 5.94. The zero-order valence-electron chi connectivity index (χ0n) is 8.41. The lowest BCUT2D eigenvalue weighted by Gasteiger charge is -2.11. The predicted octanol–water partition coefficient (Wildman–Crippen LogP) is 1.99. The number of halogens is 2. The molecule has 1 aromatic rings. The van der Waals surface area contributed by atoms with Crippen molar-refractivity contribution in [3.05, 3.63) is 28.8 Å². The molecule has 0 amide bonds. The Kier molecular flexibility index (Phi) is 5.28. The van der Waals surface area contributed by atoms with Gasteiger partial charge in [-0.2, -0.15) is 0 Å². The number of nitrogens with one attached hydrogen (secondary N) is 1. The molecule has 0 heterocycles. The summed E-state index contributed by atoms with van der Waals surface area (Å²) in [7, 11) is 0. The van der Waals surface area contributed by atoms with E-state index in [1.807, 2.05) is 0 Å². The molecular weight excluding hydrogens is 267 g/mol. The second-order valence-corrected chi connectivity index (χ2v) is 4.40. The van der Waals surface area contributed by atoms with E-state index in [9.17, 15) is 5.11 Å². The molecule has 16 heavy (non-hydrogen) atoms. The molecule has 0 aromatic heterocycles. The number of aliphatic hydroxyl groups is 1. The summed E-state index contributed by atoms with van der Waals surface area (Å²) in [5.74, 6) is 0.186. The number of benzene rings is 1. The molecule has 0 aliphatic heterocycles. The van der Waals surface area contributed by atoms with E-state index in [1.54, 1.807) is 18.2 Å². The van der Waals surface area contributed by atoms with Crippen molar-refractivity contribution in [2.75, 3.05) is 17.7 Å². The Morgan fingerprint density at radius 1 is 1.56 bits per heavy atom. The lowest BCUT2D eigenvalue weighted by molar-refractivity contribution is 0.211. The van der Waals surface area contributed by atoms with E-state index in [0.29, 0.717) is 17.1 Å². The molecule has 0 spiro atoms. The van der Waals surface area contributed by atoms with Crippen molar-refractivity contribution in [3.63, 3.8) is 0 Å². The summed E-state index contributed by atoms with van der Waals surface area (Å²) >= 11 is 16.3. The molecule has 1 atom stereocenters. The van der Waals surface area contributed by atoms with Crippen LogP contribution in [0, 0.1) is 0 Å². The Bertz CT molecular complexity index is 387. The van der Waals surface area contributed by atoms with Gasteiger partial charge >= 0.3 is 0 Å². The van der Waals surface area contributed by atoms with E-state index in [1.165, 1.54) is 0 Å². The third kappa shape index (κ3) is 3.79. The van der Waals surface area contributed by atoms with Gasteiger partial charge in [0.25, 0.3) is 0 Å². The summed E-state index contributed by atoms with van der Waals surface area (Å²) in [6.07, 6.45) is -0.587. The smallest absolute Gasteiger partial charge is 0.105 e. The molecule has 1 aromatic carbocycles. The van der Waals surface area contributed by atoms with Gasteiger partial charge in [-0.15, -0.1) is 11.6 Å². The summed E-state index contributed by atoms with van der Waals surface area (Å²) in [4.78, 5) is 0.261. The number of thiocarbonyl (C=S) groups is 1. The summed E-state index contributed by atoms with van der Waals surface area (Å²) in [6.45, 7) is 0.367. The molecule has 0 bridgehead atoms. The van der Waals surface area contributed by atoms with Crippen LogP contribution >= 0.6 is 35.4 Å². The maximum atomic E-state index is 9.26. The van der Waals surface area contributed by atoms with Gasteiger partial charge in [-0.1, -0.05) is 23.8 Å². The summed E-state index contributed by atoms with van der Waals surface area (Å²) in [6, 6.07) is 5.23. The second kappa shape index (κ2) is 6.25. The molecule has 0 saturated heterocycles. The molecule has 0 aliphatic rings. The zero-order valence-corrected chi connectivity index (χ0v) is 10.7. The summed E-state index contributed by atoms with van der Waals surface area (Å²) in [5.41, 5.74) is 6.90. The minimum atomic E-state index is -0.587. The lowest BCUT2D eigenvalue weighted by atomic mass is 10.2. The van der Waals surface area contributed by atoms with Gasteiger partial charge in [0, 0.05) is 17.8 Å². The van der Waals surface area contributed by atoms with Gasteiger partial charge in [-0.25, -0.2) is 0 Å². The fourth-order valence-electron chi connectivity index (χ4n) is 1.12. The molecule has 0 radical (unpaired) electrons. The number of hydrogen-bond acceptors (Lipinski definition) is 3. The lowest BCUT2D eigenvalue weighted by Crippen LogP contribution is -2.20. The van der Waals surface area contributed by atoms with Gasteiger partial charge in [0.1, 0.15) is 4.99 Å². The minimum absolute atomic E-state index is 0.186. The second-order valence-electron chi connectivity index (χ2n) is 3.25. The first-order valence-electron chi connectivity index (χ1n) is 4.62. The van der Waals surface area contributed by atoms with Crippen molar-refractivity contribution in [3.8, 4) is 0 Å². The van der Waals surface area contributed by atoms with Crippen LogP contribution in [0.1, 0.15) is 5.56 Å². The van der Waals surface area contributed by atoms with E-state index < -0.39 is 6.10 Å². The van der Waals surface area contributed by atoms with Crippen molar-refractivity contribution in [1.29, 1.82) is 0 Å². The molecule has 0 aliphatic carbocycles. The molecule has 6 heteroatoms. The first-order chi connectivity index (χ1) is 7.54. The van der Waals surface area contributed by atoms with E-state index >= 15 is 0 Å². The van der Waals surface area contributed by atoms with Crippen LogP contribution in [-0.4, -0.2) is 28.6 Å². The Morgan fingerprint density at radius 3 is 2.75 bits per heavy atom. The normalized spacial score (nSPS) is 12.2. The predicted molar refractivity (Wildman–Crippen MR) is 72.6 cm³/mol. The van der Waals surface area contributed by atoms with E-state index in [-0.39, 0.29) is 10.9 Å². The molecular formula is C10H12Cl2N2OS. The number of rotatable bonds is 5. The number of hydrogen-bond donors (Lipinski definition) is 3. The highest BCUT2D eigenvalue weighted by Crippen LogP contribution is 2.20. The van der Waals surface area contributed by atoms with Crippen molar-refractivity contribution >= 4 is 46.1 Å². The molecule has 1 unspecified atom stereocenters. The fraction of sp³-hybridized carbons (Fsp3) is 0.300. The van der Waals surface area contributed by atoms with Gasteiger partial charge in [0.2, 0.25) is 0 Å². The number of anilines is 1. The maximum absolute atomic E-state index is 9.26. The topological polar surface area (TPSA) is 58.3 Å². The average molecular weight is 279 g/mol. The number of nitrogens with two attached hydrogens (primary N) is 1. The fourth-order valence-corrected chi connectivity index (χ4v) is 1.74. The highest BCUT2D eigenvalue weighted by Gasteiger charge is 2.05. The summed E-state index contributed by atoms with van der Waals surface area (Å²) < 4.78 is 0. The van der Waals surface area contributed by atoms with Gasteiger partial charge in [-0.3, -0.25) is 0 Å². The SMILES string of the molecule is NC(=S)c1ccc(NCC(O)CCl)cc1Cl. The largest absolute Gasteiger partial charge is 0.390 e. The minimum Gasteiger partial charge on any atom is -0.390 e. The van der Waals surface area contributed by atoms with Gasteiger partial charge < -0.3 is 16.2 Å². The van der Waals surface area contributed by atoms with Crippen molar-refractivity contribution in [2.24, 2.45) is 5.73 Å². The monoisotopic (exact) mass is 278 g/mol. The van der Waals surface area contributed by atoms with E-state index in [2.05, 4.69) is 5.32 Å². The average Bonchev–Trinajstić information content (AvgIpc) is 2.25. The molecule has 4 N–H and O–H groups in total. The number of alkyl halides is 1. The molecule has 3 nitrogen and oxygen atoms in total. The van der Waals surface area contributed by atoms with Crippen molar-refractivity contribution in [1.82, 2.24) is 0 Å². The van der Waals surface area contributed by atoms with Crippen LogP contribution in [0.5, 0.6) is 0 Å². The van der Waals surface area contributed by atoms with Crippen LogP contribution in [0.2, 0.25) is 5.02 Å². The summed E-state index contributed by atoms with van der Waals surface area (Å²) in [5, 5.41) is 12.7. The molecule has 0 fully saturated rings. The van der Waals surface area contributed by atoms with Crippen molar-refractivity contribution < 1.29 is 5.11 Å². The van der Waals surface area contributed by atoms with Gasteiger partial charge in [0.15, 0.2) is 0 Å². The highest BCUT2D eigenvalue weighted by atomic mass is 35.5. The third-order valence-corrected chi connectivity index (χ3v) is 2.84. The quantitative estimate of drug-likeness (QED) is 0.570. The van der Waals surface area contributed by atoms with E-state index in [0.717, 1.165) is 5.69 Å². The Hall–Kier alpha value is -0.550. The Balaban J connectivity index is 2.70. The van der Waals surface area contributed by atoms with Crippen LogP contribution in [-0.2, 0) is 0 Å².